The number of benzene rings is 3. The molecule has 0 radical (unpaired) electrons. The minimum atomic E-state index is -4.62. The van der Waals surface area contributed by atoms with Gasteiger partial charge in [0, 0.05) is 23.6 Å². The lowest BCUT2D eigenvalue weighted by Gasteiger charge is -2.28. The van der Waals surface area contributed by atoms with E-state index in [1.165, 1.54) is 43.4 Å². The molecule has 0 aliphatic heterocycles. The Morgan fingerprint density at radius 3 is 2.11 bits per heavy atom. The number of carbonyl (C=O) groups is 2. The number of rotatable bonds is 5. The molecular weight excluding hydrogens is 476 g/mol. The Morgan fingerprint density at radius 1 is 0.833 bits per heavy atom. The maximum absolute atomic E-state index is 13.4. The SMILES string of the molecule is CNC(=O)c1c(-c2ccc(F)cc2)oc2ccc(-c3cccc(C(=O)NC(C)(C)C(F)(F)F)c3)cc12. The fraction of sp³-hybridized carbons (Fsp3) is 0.185. The van der Waals surface area contributed by atoms with Gasteiger partial charge >= 0.3 is 6.18 Å². The van der Waals surface area contributed by atoms with Crippen LogP contribution in [-0.4, -0.2) is 30.6 Å². The molecule has 5 nitrogen and oxygen atoms in total. The molecule has 4 rings (SSSR count). The Kier molecular flexibility index (Phi) is 6.34. The third-order valence-electron chi connectivity index (χ3n) is 5.84. The number of alkyl halides is 3. The van der Waals surface area contributed by atoms with Crippen molar-refractivity contribution in [1.82, 2.24) is 10.6 Å². The zero-order valence-electron chi connectivity index (χ0n) is 19.6. The van der Waals surface area contributed by atoms with Gasteiger partial charge in [0.2, 0.25) is 0 Å². The summed E-state index contributed by atoms with van der Waals surface area (Å²) >= 11 is 0. The second kappa shape index (κ2) is 9.14. The first-order valence-electron chi connectivity index (χ1n) is 11.0. The monoisotopic (exact) mass is 498 g/mol. The van der Waals surface area contributed by atoms with Crippen LogP contribution in [0.4, 0.5) is 17.6 Å². The molecule has 0 saturated heterocycles. The first-order chi connectivity index (χ1) is 16.9. The van der Waals surface area contributed by atoms with Gasteiger partial charge in [-0.2, -0.15) is 13.2 Å². The fourth-order valence-electron chi connectivity index (χ4n) is 3.70. The Labute approximate surface area is 204 Å². The number of amides is 2. The number of hydrogen-bond acceptors (Lipinski definition) is 3. The van der Waals surface area contributed by atoms with E-state index in [1.54, 1.807) is 30.3 Å². The van der Waals surface area contributed by atoms with Crippen LogP contribution < -0.4 is 10.6 Å². The third-order valence-corrected chi connectivity index (χ3v) is 5.84. The van der Waals surface area contributed by atoms with Crippen molar-refractivity contribution < 1.29 is 31.6 Å². The van der Waals surface area contributed by atoms with Crippen molar-refractivity contribution >= 4 is 22.8 Å². The number of halogens is 4. The largest absolute Gasteiger partial charge is 0.455 e. The Morgan fingerprint density at radius 2 is 1.47 bits per heavy atom. The number of carbonyl (C=O) groups excluding carboxylic acids is 2. The second-order valence-corrected chi connectivity index (χ2v) is 8.76. The van der Waals surface area contributed by atoms with Gasteiger partial charge in [0.1, 0.15) is 22.7 Å². The van der Waals surface area contributed by atoms with Gasteiger partial charge in [0.25, 0.3) is 11.8 Å². The summed E-state index contributed by atoms with van der Waals surface area (Å²) in [6, 6.07) is 16.8. The van der Waals surface area contributed by atoms with E-state index in [-0.39, 0.29) is 16.9 Å². The van der Waals surface area contributed by atoms with Crippen molar-refractivity contribution in [3.63, 3.8) is 0 Å². The third kappa shape index (κ3) is 4.68. The number of furan rings is 1. The summed E-state index contributed by atoms with van der Waals surface area (Å²) in [4.78, 5) is 25.3. The van der Waals surface area contributed by atoms with E-state index < -0.39 is 29.3 Å². The van der Waals surface area contributed by atoms with Crippen LogP contribution in [0.25, 0.3) is 33.4 Å². The van der Waals surface area contributed by atoms with Gasteiger partial charge in [-0.25, -0.2) is 4.39 Å². The van der Waals surface area contributed by atoms with Crippen LogP contribution >= 0.6 is 0 Å². The predicted molar refractivity (Wildman–Crippen MR) is 128 cm³/mol. The van der Waals surface area contributed by atoms with E-state index in [9.17, 15) is 27.2 Å². The zero-order chi connectivity index (χ0) is 26.3. The highest BCUT2D eigenvalue weighted by molar-refractivity contribution is 6.11. The highest BCUT2D eigenvalue weighted by Gasteiger charge is 2.48. The van der Waals surface area contributed by atoms with Gasteiger partial charge in [-0.05, 0) is 73.5 Å². The molecule has 3 aromatic carbocycles. The lowest BCUT2D eigenvalue weighted by Crippen LogP contribution is -2.54. The van der Waals surface area contributed by atoms with Gasteiger partial charge in [0.15, 0.2) is 0 Å². The standard InChI is InChI=1S/C27H22F4N2O3/c1-26(2,27(29,30)31)33-24(34)18-6-4-5-16(13-18)17-9-12-21-20(14-17)22(25(35)32-3)23(36-21)15-7-10-19(28)11-8-15/h4-14H,1-3H3,(H,32,35)(H,33,34). The highest BCUT2D eigenvalue weighted by Crippen LogP contribution is 2.36. The normalized spacial score (nSPS) is 12.0. The second-order valence-electron chi connectivity index (χ2n) is 8.76. The Bertz CT molecular complexity index is 1450. The molecule has 9 heteroatoms. The molecule has 0 spiro atoms. The van der Waals surface area contributed by atoms with Crippen molar-refractivity contribution in [2.45, 2.75) is 25.6 Å². The smallest absolute Gasteiger partial charge is 0.410 e. The van der Waals surface area contributed by atoms with Crippen LogP contribution in [0.1, 0.15) is 34.6 Å². The molecule has 36 heavy (non-hydrogen) atoms. The molecule has 186 valence electrons. The van der Waals surface area contributed by atoms with Crippen LogP contribution in [0.2, 0.25) is 0 Å². The molecule has 0 bridgehead atoms. The highest BCUT2D eigenvalue weighted by atomic mass is 19.4. The van der Waals surface area contributed by atoms with Gasteiger partial charge in [-0.1, -0.05) is 18.2 Å². The first kappa shape index (κ1) is 25.0. The molecule has 1 aromatic heterocycles. The quantitative estimate of drug-likeness (QED) is 0.316. The van der Waals surface area contributed by atoms with Gasteiger partial charge < -0.3 is 15.1 Å². The van der Waals surface area contributed by atoms with Crippen LogP contribution in [-0.2, 0) is 0 Å². The van der Waals surface area contributed by atoms with E-state index in [0.717, 1.165) is 13.8 Å². The molecule has 2 N–H and O–H groups in total. The molecule has 0 aliphatic carbocycles. The van der Waals surface area contributed by atoms with E-state index >= 15 is 0 Å². The zero-order valence-corrected chi connectivity index (χ0v) is 19.6. The predicted octanol–water partition coefficient (Wildman–Crippen LogP) is 6.34. The Hall–Kier alpha value is -4.14. The van der Waals surface area contributed by atoms with Crippen molar-refractivity contribution in [2.75, 3.05) is 7.05 Å². The lowest BCUT2D eigenvalue weighted by atomic mass is 9.98. The number of hydrogen-bond donors (Lipinski definition) is 2. The first-order valence-corrected chi connectivity index (χ1v) is 11.0. The average Bonchev–Trinajstić information content (AvgIpc) is 3.22. The molecule has 0 atom stereocenters. The summed E-state index contributed by atoms with van der Waals surface area (Å²) in [5.41, 5.74) is -0.00572. The van der Waals surface area contributed by atoms with Crippen molar-refractivity contribution in [3.8, 4) is 22.5 Å². The molecule has 1 heterocycles. The van der Waals surface area contributed by atoms with Gasteiger partial charge in [0.05, 0.1) is 5.56 Å². The van der Waals surface area contributed by atoms with E-state index in [1.807, 2.05) is 5.32 Å². The van der Waals surface area contributed by atoms with Gasteiger partial charge in [-0.15, -0.1) is 0 Å². The van der Waals surface area contributed by atoms with Crippen LogP contribution in [0.15, 0.2) is 71.1 Å². The van der Waals surface area contributed by atoms with Crippen molar-refractivity contribution in [2.24, 2.45) is 0 Å². The minimum Gasteiger partial charge on any atom is -0.455 e. The van der Waals surface area contributed by atoms with E-state index in [4.69, 9.17) is 4.42 Å². The molecule has 2 amide bonds. The minimum absolute atomic E-state index is 0.0515. The molecule has 0 fully saturated rings. The molecular formula is C27H22F4N2O3. The van der Waals surface area contributed by atoms with Crippen molar-refractivity contribution in [3.05, 3.63) is 83.7 Å². The summed E-state index contributed by atoms with van der Waals surface area (Å²) < 4.78 is 59.0. The average molecular weight is 498 g/mol. The summed E-state index contributed by atoms with van der Waals surface area (Å²) in [6.07, 6.45) is -4.62. The topological polar surface area (TPSA) is 71.3 Å². The molecule has 0 unspecified atom stereocenters. The van der Waals surface area contributed by atoms with Gasteiger partial charge in [-0.3, -0.25) is 9.59 Å². The summed E-state index contributed by atoms with van der Waals surface area (Å²) in [7, 11) is 1.48. The Balaban J connectivity index is 1.76. The maximum Gasteiger partial charge on any atom is 0.410 e. The van der Waals surface area contributed by atoms with E-state index in [0.29, 0.717) is 27.7 Å². The summed E-state index contributed by atoms with van der Waals surface area (Å²) in [5.74, 6) is -1.44. The van der Waals surface area contributed by atoms with Crippen LogP contribution in [0.5, 0.6) is 0 Å². The lowest BCUT2D eigenvalue weighted by molar-refractivity contribution is -0.182. The van der Waals surface area contributed by atoms with E-state index in [2.05, 4.69) is 5.32 Å². The maximum atomic E-state index is 13.4. The van der Waals surface area contributed by atoms with Crippen LogP contribution in [0.3, 0.4) is 0 Å². The van der Waals surface area contributed by atoms with Crippen molar-refractivity contribution in [1.29, 1.82) is 0 Å². The number of nitrogens with one attached hydrogen (secondary N) is 2. The summed E-state index contributed by atoms with van der Waals surface area (Å²) in [5, 5.41) is 5.09. The molecule has 0 aliphatic rings. The fourth-order valence-corrected chi connectivity index (χ4v) is 3.70. The summed E-state index contributed by atoms with van der Waals surface area (Å²) in [6.45, 7) is 1.78. The number of fused-ring (bicyclic) bond motifs is 1. The molecule has 4 aromatic rings. The molecule has 0 saturated carbocycles. The van der Waals surface area contributed by atoms with Crippen LogP contribution in [0, 0.1) is 5.82 Å².